The highest BCUT2D eigenvalue weighted by molar-refractivity contribution is 7.92. The van der Waals surface area contributed by atoms with E-state index in [9.17, 15) is 17.6 Å². The Morgan fingerprint density at radius 3 is 2.45 bits per heavy atom. The van der Waals surface area contributed by atoms with Gasteiger partial charge >= 0.3 is 5.97 Å². The first-order valence-corrected chi connectivity index (χ1v) is 6.87. The van der Waals surface area contributed by atoms with Crippen molar-refractivity contribution >= 4 is 21.9 Å². The van der Waals surface area contributed by atoms with Crippen LogP contribution in [0.2, 0.25) is 0 Å². The summed E-state index contributed by atoms with van der Waals surface area (Å²) in [6.07, 6.45) is 0. The number of rotatable bonds is 4. The Balaban J connectivity index is 2.22. The maximum Gasteiger partial charge on any atom is 0.374 e. The Kier molecular flexibility index (Phi) is 3.75. The number of methoxy groups -OCH3 is 1. The van der Waals surface area contributed by atoms with Crippen molar-refractivity contribution in [2.24, 2.45) is 0 Å². The summed E-state index contributed by atoms with van der Waals surface area (Å²) >= 11 is 0. The number of carbonyl (C=O) groups excluding carboxylic acids is 1. The van der Waals surface area contributed by atoms with E-state index in [2.05, 4.69) is 9.46 Å². The molecule has 106 valence electrons. The fourth-order valence-corrected chi connectivity index (χ4v) is 2.39. The standard InChI is InChI=1S/C12H10FNO5S/c1-18-12(15)10-6-7-11(19-10)14-20(16,17)9-4-2-8(13)3-5-9/h2-7,14H,1H3. The molecule has 0 atom stereocenters. The van der Waals surface area contributed by atoms with E-state index in [-0.39, 0.29) is 16.5 Å². The molecule has 0 saturated carbocycles. The Morgan fingerprint density at radius 1 is 1.20 bits per heavy atom. The normalized spacial score (nSPS) is 11.1. The van der Waals surface area contributed by atoms with Gasteiger partial charge in [0.15, 0.2) is 0 Å². The Bertz CT molecular complexity index is 721. The van der Waals surface area contributed by atoms with Crippen LogP contribution in [0.3, 0.4) is 0 Å². The van der Waals surface area contributed by atoms with E-state index in [0.29, 0.717) is 0 Å². The molecule has 0 unspecified atom stereocenters. The highest BCUT2D eigenvalue weighted by Gasteiger charge is 2.18. The molecule has 0 spiro atoms. The largest absolute Gasteiger partial charge is 0.463 e. The molecule has 1 aromatic heterocycles. The Morgan fingerprint density at radius 2 is 1.85 bits per heavy atom. The molecule has 20 heavy (non-hydrogen) atoms. The van der Waals surface area contributed by atoms with Crippen LogP contribution in [0, 0.1) is 5.82 Å². The average Bonchev–Trinajstić information content (AvgIpc) is 2.86. The lowest BCUT2D eigenvalue weighted by molar-refractivity contribution is 0.0566. The quantitative estimate of drug-likeness (QED) is 0.873. The number of nitrogens with one attached hydrogen (secondary N) is 1. The number of carbonyl (C=O) groups is 1. The lowest BCUT2D eigenvalue weighted by Gasteiger charge is -2.04. The van der Waals surface area contributed by atoms with Crippen LogP contribution in [0.4, 0.5) is 10.3 Å². The fraction of sp³-hybridized carbons (Fsp3) is 0.0833. The van der Waals surface area contributed by atoms with Crippen molar-refractivity contribution < 1.29 is 26.8 Å². The molecule has 1 aromatic carbocycles. The third-order valence-electron chi connectivity index (χ3n) is 2.35. The van der Waals surface area contributed by atoms with Gasteiger partial charge in [-0.15, -0.1) is 0 Å². The van der Waals surface area contributed by atoms with E-state index < -0.39 is 21.8 Å². The SMILES string of the molecule is COC(=O)c1ccc(NS(=O)(=O)c2ccc(F)cc2)o1. The summed E-state index contributed by atoms with van der Waals surface area (Å²) < 4.78 is 48.2. The van der Waals surface area contributed by atoms with Gasteiger partial charge in [0.05, 0.1) is 12.0 Å². The molecule has 0 amide bonds. The average molecular weight is 299 g/mol. The van der Waals surface area contributed by atoms with E-state index >= 15 is 0 Å². The number of sulfonamides is 1. The van der Waals surface area contributed by atoms with Gasteiger partial charge < -0.3 is 9.15 Å². The van der Waals surface area contributed by atoms with Crippen LogP contribution >= 0.6 is 0 Å². The second-order valence-electron chi connectivity index (χ2n) is 3.71. The van der Waals surface area contributed by atoms with Gasteiger partial charge in [0.1, 0.15) is 5.82 Å². The zero-order valence-electron chi connectivity index (χ0n) is 10.3. The summed E-state index contributed by atoms with van der Waals surface area (Å²) in [5.41, 5.74) is 0. The van der Waals surface area contributed by atoms with E-state index in [1.54, 1.807) is 0 Å². The predicted octanol–water partition coefficient (Wildman–Crippen LogP) is 2.01. The number of hydrogen-bond donors (Lipinski definition) is 1. The zero-order valence-corrected chi connectivity index (χ0v) is 11.1. The number of hydrogen-bond acceptors (Lipinski definition) is 5. The highest BCUT2D eigenvalue weighted by Crippen LogP contribution is 2.19. The molecular weight excluding hydrogens is 289 g/mol. The van der Waals surface area contributed by atoms with Gasteiger partial charge in [-0.05, 0) is 30.3 Å². The maximum atomic E-state index is 12.7. The molecule has 8 heteroatoms. The molecule has 0 bridgehead atoms. The van der Waals surface area contributed by atoms with Crippen molar-refractivity contribution in [1.82, 2.24) is 0 Å². The summed E-state index contributed by atoms with van der Waals surface area (Å²) in [5.74, 6) is -1.55. The van der Waals surface area contributed by atoms with Crippen molar-refractivity contribution in [1.29, 1.82) is 0 Å². The van der Waals surface area contributed by atoms with Crippen molar-refractivity contribution in [3.63, 3.8) is 0 Å². The smallest absolute Gasteiger partial charge is 0.374 e. The minimum Gasteiger partial charge on any atom is -0.463 e. The van der Waals surface area contributed by atoms with Gasteiger partial charge in [-0.3, -0.25) is 0 Å². The predicted molar refractivity (Wildman–Crippen MR) is 67.3 cm³/mol. The van der Waals surface area contributed by atoms with Crippen LogP contribution in [0.25, 0.3) is 0 Å². The van der Waals surface area contributed by atoms with Crippen molar-refractivity contribution in [3.05, 3.63) is 48.0 Å². The first kappa shape index (κ1) is 14.1. The van der Waals surface area contributed by atoms with Gasteiger partial charge in [0.25, 0.3) is 10.0 Å². The van der Waals surface area contributed by atoms with Gasteiger partial charge in [-0.25, -0.2) is 22.3 Å². The third kappa shape index (κ3) is 2.97. The minimum absolute atomic E-state index is 0.130. The van der Waals surface area contributed by atoms with Crippen LogP contribution < -0.4 is 4.72 Å². The lowest BCUT2D eigenvalue weighted by Crippen LogP contribution is -2.12. The van der Waals surface area contributed by atoms with Crippen LogP contribution in [0.5, 0.6) is 0 Å². The fourth-order valence-electron chi connectivity index (χ4n) is 1.41. The topological polar surface area (TPSA) is 85.6 Å². The molecule has 0 saturated heterocycles. The van der Waals surface area contributed by atoms with Crippen LogP contribution in [-0.4, -0.2) is 21.5 Å². The summed E-state index contributed by atoms with van der Waals surface area (Å²) in [4.78, 5) is 11.0. The van der Waals surface area contributed by atoms with E-state index in [1.165, 1.54) is 19.2 Å². The maximum absolute atomic E-state index is 12.7. The first-order chi connectivity index (χ1) is 9.42. The molecule has 0 aliphatic rings. The van der Waals surface area contributed by atoms with Crippen molar-refractivity contribution in [2.45, 2.75) is 4.90 Å². The van der Waals surface area contributed by atoms with Crippen LogP contribution in [0.1, 0.15) is 10.6 Å². The van der Waals surface area contributed by atoms with Crippen molar-refractivity contribution in [2.75, 3.05) is 11.8 Å². The molecule has 6 nitrogen and oxygen atoms in total. The Hall–Kier alpha value is -2.35. The van der Waals surface area contributed by atoms with E-state index in [0.717, 1.165) is 24.3 Å². The molecule has 0 aliphatic heterocycles. The number of anilines is 1. The number of benzene rings is 1. The van der Waals surface area contributed by atoms with Crippen LogP contribution in [-0.2, 0) is 14.8 Å². The second kappa shape index (κ2) is 5.33. The van der Waals surface area contributed by atoms with Gasteiger partial charge in [-0.1, -0.05) is 0 Å². The minimum atomic E-state index is -3.91. The molecule has 0 fully saturated rings. The molecule has 1 N–H and O–H groups in total. The summed E-state index contributed by atoms with van der Waals surface area (Å²) in [5, 5.41) is 0. The summed E-state index contributed by atoms with van der Waals surface area (Å²) in [6, 6.07) is 6.82. The molecule has 1 heterocycles. The molecule has 0 aliphatic carbocycles. The first-order valence-electron chi connectivity index (χ1n) is 5.39. The van der Waals surface area contributed by atoms with Crippen LogP contribution in [0.15, 0.2) is 45.7 Å². The molecule has 0 radical (unpaired) electrons. The third-order valence-corrected chi connectivity index (χ3v) is 3.71. The lowest BCUT2D eigenvalue weighted by atomic mass is 10.4. The van der Waals surface area contributed by atoms with E-state index in [1.807, 2.05) is 0 Å². The Labute approximate surface area is 114 Å². The summed E-state index contributed by atoms with van der Waals surface area (Å²) in [6.45, 7) is 0. The number of ether oxygens (including phenoxy) is 1. The van der Waals surface area contributed by atoms with Gasteiger partial charge in [0.2, 0.25) is 11.6 Å². The molecule has 2 aromatic rings. The number of halogens is 1. The number of esters is 1. The number of furan rings is 1. The summed E-state index contributed by atoms with van der Waals surface area (Å²) in [7, 11) is -2.74. The zero-order chi connectivity index (χ0) is 14.8. The highest BCUT2D eigenvalue weighted by atomic mass is 32.2. The monoisotopic (exact) mass is 299 g/mol. The molecule has 2 rings (SSSR count). The molecular formula is C12H10FNO5S. The van der Waals surface area contributed by atoms with Gasteiger partial charge in [0, 0.05) is 6.07 Å². The van der Waals surface area contributed by atoms with E-state index in [4.69, 9.17) is 4.42 Å². The second-order valence-corrected chi connectivity index (χ2v) is 5.40. The van der Waals surface area contributed by atoms with Gasteiger partial charge in [-0.2, -0.15) is 0 Å². The van der Waals surface area contributed by atoms with Crippen molar-refractivity contribution in [3.8, 4) is 0 Å².